The number of carbonyl (C=O) groups is 1. The third-order valence-corrected chi connectivity index (χ3v) is 9.21. The molecule has 2 aliphatic rings. The van der Waals surface area contributed by atoms with Crippen LogP contribution in [0.3, 0.4) is 0 Å². The summed E-state index contributed by atoms with van der Waals surface area (Å²) in [5, 5.41) is 0.600. The standard InChI is InChI=1S/C31H27BrN2O2S/c32-24-14-12-22(13-15-24)26(35)20-37-30-33-28-25-11-5-4-10-23(25)18-31(16-6-7-17-31)27(28)29(36)34(30)19-21-8-2-1-3-9-21/h1-5,8-15H,6-7,16-20H2. The van der Waals surface area contributed by atoms with E-state index in [0.717, 1.165) is 59.0 Å². The molecule has 0 unspecified atom stereocenters. The van der Waals surface area contributed by atoms with E-state index in [4.69, 9.17) is 4.98 Å². The second-order valence-electron chi connectivity index (χ2n) is 10.0. The average Bonchev–Trinajstić information content (AvgIpc) is 3.38. The molecule has 6 rings (SSSR count). The first-order valence-electron chi connectivity index (χ1n) is 12.7. The van der Waals surface area contributed by atoms with Crippen LogP contribution in [0.15, 0.2) is 93.3 Å². The van der Waals surface area contributed by atoms with Gasteiger partial charge in [-0.2, -0.15) is 0 Å². The highest BCUT2D eigenvalue weighted by atomic mass is 79.9. The minimum absolute atomic E-state index is 0.0170. The first kappa shape index (κ1) is 24.4. The SMILES string of the molecule is O=C(CSc1nc2c(c(=O)n1Cc1ccccc1)C1(CCCC1)Cc1ccccc1-2)c1ccc(Br)cc1. The molecule has 0 saturated heterocycles. The lowest BCUT2D eigenvalue weighted by atomic mass is 9.68. The summed E-state index contributed by atoms with van der Waals surface area (Å²) in [7, 11) is 0. The van der Waals surface area contributed by atoms with E-state index in [1.165, 1.54) is 17.3 Å². The Kier molecular flexibility index (Phi) is 6.63. The third-order valence-electron chi connectivity index (χ3n) is 7.71. The maximum Gasteiger partial charge on any atom is 0.258 e. The van der Waals surface area contributed by atoms with Gasteiger partial charge in [-0.05, 0) is 42.5 Å². The number of nitrogens with zero attached hydrogens (tertiary/aromatic N) is 2. The van der Waals surface area contributed by atoms with Crippen molar-refractivity contribution >= 4 is 33.5 Å². The Hall–Kier alpha value is -2.96. The number of Topliss-reactive ketones (excluding diaryl/α,β-unsaturated/α-hetero) is 1. The number of thioether (sulfide) groups is 1. The van der Waals surface area contributed by atoms with E-state index in [1.54, 1.807) is 0 Å². The first-order valence-corrected chi connectivity index (χ1v) is 14.5. The van der Waals surface area contributed by atoms with E-state index in [2.05, 4.69) is 34.1 Å². The molecule has 0 atom stereocenters. The number of rotatable bonds is 6. The van der Waals surface area contributed by atoms with Gasteiger partial charge >= 0.3 is 0 Å². The number of aromatic nitrogens is 2. The molecule has 1 aromatic heterocycles. The molecule has 2 aliphatic carbocycles. The first-order chi connectivity index (χ1) is 18.0. The maximum atomic E-state index is 14.4. The molecule has 3 aromatic carbocycles. The van der Waals surface area contributed by atoms with Crippen LogP contribution < -0.4 is 5.56 Å². The van der Waals surface area contributed by atoms with E-state index in [1.807, 2.05) is 65.2 Å². The molecule has 4 aromatic rings. The minimum atomic E-state index is -0.150. The molecule has 186 valence electrons. The molecule has 0 amide bonds. The van der Waals surface area contributed by atoms with Gasteiger partial charge in [0.1, 0.15) is 0 Å². The zero-order chi connectivity index (χ0) is 25.4. The Morgan fingerprint density at radius 2 is 1.65 bits per heavy atom. The molecule has 37 heavy (non-hydrogen) atoms. The number of benzene rings is 3. The summed E-state index contributed by atoms with van der Waals surface area (Å²) in [6.45, 7) is 0.437. The molecule has 6 heteroatoms. The monoisotopic (exact) mass is 570 g/mol. The van der Waals surface area contributed by atoms with Crippen LogP contribution in [0, 0.1) is 0 Å². The highest BCUT2D eigenvalue weighted by Gasteiger charge is 2.44. The minimum Gasteiger partial charge on any atom is -0.293 e. The highest BCUT2D eigenvalue weighted by molar-refractivity contribution is 9.10. The summed E-state index contributed by atoms with van der Waals surface area (Å²) in [6, 6.07) is 25.8. The van der Waals surface area contributed by atoms with Gasteiger partial charge in [-0.25, -0.2) is 4.98 Å². The van der Waals surface area contributed by atoms with Gasteiger partial charge in [-0.3, -0.25) is 14.2 Å². The van der Waals surface area contributed by atoms with Crippen molar-refractivity contribution in [3.05, 3.63) is 116 Å². The third kappa shape index (κ3) is 4.62. The number of ketones is 1. The van der Waals surface area contributed by atoms with Gasteiger partial charge in [0.15, 0.2) is 10.9 Å². The summed E-state index contributed by atoms with van der Waals surface area (Å²) >= 11 is 4.78. The van der Waals surface area contributed by atoms with E-state index in [0.29, 0.717) is 17.3 Å². The van der Waals surface area contributed by atoms with Crippen LogP contribution in [0.2, 0.25) is 0 Å². The van der Waals surface area contributed by atoms with E-state index in [-0.39, 0.29) is 22.5 Å². The molecular weight excluding hydrogens is 544 g/mol. The zero-order valence-corrected chi connectivity index (χ0v) is 22.9. The summed E-state index contributed by atoms with van der Waals surface area (Å²) in [5.41, 5.74) is 5.61. The van der Waals surface area contributed by atoms with Crippen LogP contribution in [-0.4, -0.2) is 21.1 Å². The van der Waals surface area contributed by atoms with Crippen LogP contribution in [0.5, 0.6) is 0 Å². The summed E-state index contributed by atoms with van der Waals surface area (Å²) in [4.78, 5) is 32.6. The second kappa shape index (κ2) is 10.1. The van der Waals surface area contributed by atoms with Crippen molar-refractivity contribution in [2.45, 2.75) is 49.2 Å². The maximum absolute atomic E-state index is 14.4. The smallest absolute Gasteiger partial charge is 0.258 e. The molecule has 0 aliphatic heterocycles. The fourth-order valence-corrected chi connectivity index (χ4v) is 7.06. The molecule has 0 radical (unpaired) electrons. The molecule has 1 spiro atoms. The summed E-state index contributed by atoms with van der Waals surface area (Å²) < 4.78 is 2.74. The van der Waals surface area contributed by atoms with E-state index in [9.17, 15) is 9.59 Å². The fraction of sp³-hybridized carbons (Fsp3) is 0.258. The number of fused-ring (bicyclic) bond motifs is 4. The Morgan fingerprint density at radius 1 is 0.946 bits per heavy atom. The fourth-order valence-electron chi connectivity index (χ4n) is 5.91. The van der Waals surface area contributed by atoms with Crippen LogP contribution >= 0.6 is 27.7 Å². The molecular formula is C31H27BrN2O2S. The van der Waals surface area contributed by atoms with Gasteiger partial charge in [-0.15, -0.1) is 0 Å². The quantitative estimate of drug-likeness (QED) is 0.141. The largest absolute Gasteiger partial charge is 0.293 e. The van der Waals surface area contributed by atoms with Gasteiger partial charge in [0.05, 0.1) is 23.6 Å². The number of hydrogen-bond donors (Lipinski definition) is 0. The predicted molar refractivity (Wildman–Crippen MR) is 153 cm³/mol. The summed E-state index contributed by atoms with van der Waals surface area (Å²) in [5.74, 6) is 0.234. The van der Waals surface area contributed by atoms with Crippen molar-refractivity contribution < 1.29 is 4.79 Å². The molecule has 0 N–H and O–H groups in total. The lowest BCUT2D eigenvalue weighted by molar-refractivity contribution is 0.102. The van der Waals surface area contributed by atoms with Crippen LogP contribution in [-0.2, 0) is 18.4 Å². The molecule has 0 bridgehead atoms. The Bertz CT molecular complexity index is 1520. The number of halogens is 1. The van der Waals surface area contributed by atoms with Gasteiger partial charge in [-0.1, -0.05) is 107 Å². The van der Waals surface area contributed by atoms with Crippen LogP contribution in [0.25, 0.3) is 11.3 Å². The lowest BCUT2D eigenvalue weighted by Gasteiger charge is -2.36. The summed E-state index contributed by atoms with van der Waals surface area (Å²) in [6.07, 6.45) is 5.21. The van der Waals surface area contributed by atoms with E-state index >= 15 is 0 Å². The van der Waals surface area contributed by atoms with Crippen LogP contribution in [0.1, 0.15) is 52.7 Å². The molecule has 1 saturated carbocycles. The zero-order valence-electron chi connectivity index (χ0n) is 20.5. The van der Waals surface area contributed by atoms with Crippen molar-refractivity contribution in [3.8, 4) is 11.3 Å². The molecule has 4 nitrogen and oxygen atoms in total. The van der Waals surface area contributed by atoms with Gasteiger partial charge in [0, 0.05) is 21.0 Å². The second-order valence-corrected chi connectivity index (χ2v) is 11.9. The van der Waals surface area contributed by atoms with Crippen molar-refractivity contribution in [2.24, 2.45) is 0 Å². The van der Waals surface area contributed by atoms with Crippen molar-refractivity contribution in [1.82, 2.24) is 9.55 Å². The van der Waals surface area contributed by atoms with Gasteiger partial charge < -0.3 is 0 Å². The molecule has 1 fully saturated rings. The van der Waals surface area contributed by atoms with Crippen molar-refractivity contribution in [1.29, 1.82) is 0 Å². The normalized spacial score (nSPS) is 15.4. The Morgan fingerprint density at radius 3 is 2.41 bits per heavy atom. The lowest BCUT2D eigenvalue weighted by Crippen LogP contribution is -2.40. The number of carbonyl (C=O) groups excluding carboxylic acids is 1. The molecule has 1 heterocycles. The predicted octanol–water partition coefficient (Wildman–Crippen LogP) is 7.06. The van der Waals surface area contributed by atoms with Crippen molar-refractivity contribution in [2.75, 3.05) is 5.75 Å². The van der Waals surface area contributed by atoms with Crippen LogP contribution in [0.4, 0.5) is 0 Å². The Labute approximate surface area is 229 Å². The van der Waals surface area contributed by atoms with E-state index < -0.39 is 0 Å². The topological polar surface area (TPSA) is 52.0 Å². The number of hydrogen-bond acceptors (Lipinski definition) is 4. The average molecular weight is 572 g/mol. The Balaban J connectivity index is 1.47. The van der Waals surface area contributed by atoms with Gasteiger partial charge in [0.2, 0.25) is 0 Å². The van der Waals surface area contributed by atoms with Gasteiger partial charge in [0.25, 0.3) is 5.56 Å². The highest BCUT2D eigenvalue weighted by Crippen LogP contribution is 2.50. The van der Waals surface area contributed by atoms with Crippen molar-refractivity contribution in [3.63, 3.8) is 0 Å².